The third-order valence-electron chi connectivity index (χ3n) is 2.04. The van der Waals surface area contributed by atoms with Crippen LogP contribution in [0.4, 0.5) is 13.2 Å². The third-order valence-corrected chi connectivity index (χ3v) is 2.04. The Labute approximate surface area is 85.9 Å². The number of ketones is 1. The van der Waals surface area contributed by atoms with E-state index in [-0.39, 0.29) is 0 Å². The van der Waals surface area contributed by atoms with E-state index in [0.717, 1.165) is 0 Å². The molecule has 1 unspecified atom stereocenters. The van der Waals surface area contributed by atoms with Crippen molar-refractivity contribution in [3.63, 3.8) is 0 Å². The number of halogens is 3. The summed E-state index contributed by atoms with van der Waals surface area (Å²) in [6.45, 7) is 1.29. The first-order valence-electron chi connectivity index (χ1n) is 4.56. The molecule has 0 radical (unpaired) electrons. The van der Waals surface area contributed by atoms with Crippen molar-refractivity contribution in [3.8, 4) is 0 Å². The average molecular weight is 216 g/mol. The van der Waals surface area contributed by atoms with Gasteiger partial charge in [-0.1, -0.05) is 37.3 Å². The second-order valence-electron chi connectivity index (χ2n) is 3.45. The Bertz CT molecular complexity index is 329. The van der Waals surface area contributed by atoms with Crippen molar-refractivity contribution in [3.05, 3.63) is 35.9 Å². The molecule has 1 nitrogen and oxygen atoms in total. The van der Waals surface area contributed by atoms with Gasteiger partial charge in [0.2, 0.25) is 0 Å². The van der Waals surface area contributed by atoms with Gasteiger partial charge >= 0.3 is 6.18 Å². The van der Waals surface area contributed by atoms with E-state index in [2.05, 4.69) is 0 Å². The van der Waals surface area contributed by atoms with Crippen LogP contribution in [-0.2, 0) is 0 Å². The lowest BCUT2D eigenvalue weighted by Crippen LogP contribution is -2.20. The molecule has 1 atom stereocenters. The van der Waals surface area contributed by atoms with Crippen molar-refractivity contribution in [2.24, 2.45) is 5.92 Å². The van der Waals surface area contributed by atoms with Gasteiger partial charge < -0.3 is 0 Å². The van der Waals surface area contributed by atoms with Crippen LogP contribution >= 0.6 is 0 Å². The number of carbonyl (C=O) groups excluding carboxylic acids is 1. The normalized spacial score (nSPS) is 13.6. The molecule has 1 aromatic carbocycles. The second kappa shape index (κ2) is 4.47. The van der Waals surface area contributed by atoms with E-state index in [1.807, 2.05) is 0 Å². The quantitative estimate of drug-likeness (QED) is 0.707. The van der Waals surface area contributed by atoms with Gasteiger partial charge in [0.05, 0.1) is 6.42 Å². The zero-order valence-electron chi connectivity index (χ0n) is 8.21. The summed E-state index contributed by atoms with van der Waals surface area (Å²) >= 11 is 0. The Hall–Kier alpha value is -1.32. The molecule has 15 heavy (non-hydrogen) atoms. The van der Waals surface area contributed by atoms with E-state index in [1.165, 1.54) is 19.1 Å². The molecule has 0 heterocycles. The van der Waals surface area contributed by atoms with E-state index in [1.54, 1.807) is 18.2 Å². The van der Waals surface area contributed by atoms with E-state index in [9.17, 15) is 18.0 Å². The monoisotopic (exact) mass is 216 g/mol. The highest BCUT2D eigenvalue weighted by Crippen LogP contribution is 2.26. The van der Waals surface area contributed by atoms with E-state index < -0.39 is 24.3 Å². The number of Topliss-reactive ketones (excluding diaryl/α,β-unsaturated/α-hetero) is 1. The predicted molar refractivity (Wildman–Crippen MR) is 50.6 cm³/mol. The maximum absolute atomic E-state index is 12.0. The fraction of sp³-hybridized carbons (Fsp3) is 0.364. The van der Waals surface area contributed by atoms with Gasteiger partial charge in [-0.25, -0.2) is 0 Å². The molecule has 0 fully saturated rings. The molecule has 4 heteroatoms. The maximum atomic E-state index is 12.0. The minimum atomic E-state index is -4.29. The summed E-state index contributed by atoms with van der Waals surface area (Å²) in [6.07, 6.45) is -5.36. The van der Waals surface area contributed by atoms with Crippen molar-refractivity contribution in [2.45, 2.75) is 19.5 Å². The van der Waals surface area contributed by atoms with Gasteiger partial charge in [0, 0.05) is 11.5 Å². The largest absolute Gasteiger partial charge is 0.389 e. The zero-order chi connectivity index (χ0) is 11.5. The van der Waals surface area contributed by atoms with Crippen LogP contribution in [0.5, 0.6) is 0 Å². The minimum absolute atomic E-state index is 0.328. The average Bonchev–Trinajstić information content (AvgIpc) is 2.15. The van der Waals surface area contributed by atoms with Gasteiger partial charge in [-0.15, -0.1) is 0 Å². The number of hydrogen-bond acceptors (Lipinski definition) is 1. The zero-order valence-corrected chi connectivity index (χ0v) is 8.21. The highest BCUT2D eigenvalue weighted by atomic mass is 19.4. The van der Waals surface area contributed by atoms with Gasteiger partial charge in [-0.3, -0.25) is 4.79 Å². The van der Waals surface area contributed by atoms with Gasteiger partial charge in [0.1, 0.15) is 0 Å². The highest BCUT2D eigenvalue weighted by Gasteiger charge is 2.32. The molecule has 0 aromatic heterocycles. The van der Waals surface area contributed by atoms with Crippen LogP contribution in [0.2, 0.25) is 0 Å². The summed E-state index contributed by atoms with van der Waals surface area (Å²) in [7, 11) is 0. The SMILES string of the molecule is CC(CC(F)(F)F)C(=O)c1ccccc1. The lowest BCUT2D eigenvalue weighted by Gasteiger charge is -2.12. The Morgan fingerprint density at radius 3 is 2.27 bits per heavy atom. The topological polar surface area (TPSA) is 17.1 Å². The number of benzene rings is 1. The maximum Gasteiger partial charge on any atom is 0.389 e. The number of alkyl halides is 3. The molecular formula is C11H11F3O. The molecular weight excluding hydrogens is 205 g/mol. The van der Waals surface area contributed by atoms with Gasteiger partial charge in [0.15, 0.2) is 5.78 Å². The summed E-state index contributed by atoms with van der Waals surface area (Å²) in [4.78, 5) is 11.5. The molecule has 1 aromatic rings. The number of rotatable bonds is 3. The molecule has 0 saturated carbocycles. The van der Waals surface area contributed by atoms with Crippen LogP contribution in [0.15, 0.2) is 30.3 Å². The summed E-state index contributed by atoms with van der Waals surface area (Å²) < 4.78 is 36.1. The van der Waals surface area contributed by atoms with Crippen LogP contribution < -0.4 is 0 Å². The smallest absolute Gasteiger partial charge is 0.294 e. The van der Waals surface area contributed by atoms with Crippen molar-refractivity contribution in [2.75, 3.05) is 0 Å². The van der Waals surface area contributed by atoms with Crippen molar-refractivity contribution < 1.29 is 18.0 Å². The van der Waals surface area contributed by atoms with Gasteiger partial charge in [-0.05, 0) is 0 Å². The van der Waals surface area contributed by atoms with Crippen molar-refractivity contribution >= 4 is 5.78 Å². The summed E-state index contributed by atoms with van der Waals surface area (Å²) in [5.41, 5.74) is 0.328. The molecule has 0 aliphatic rings. The molecule has 0 saturated heterocycles. The number of carbonyl (C=O) groups is 1. The number of hydrogen-bond donors (Lipinski definition) is 0. The Morgan fingerprint density at radius 2 is 1.80 bits per heavy atom. The summed E-state index contributed by atoms with van der Waals surface area (Å²) in [5.74, 6) is -1.49. The summed E-state index contributed by atoms with van der Waals surface area (Å²) in [5, 5.41) is 0. The molecule has 0 spiro atoms. The molecule has 0 aliphatic heterocycles. The molecule has 0 amide bonds. The van der Waals surface area contributed by atoms with Crippen LogP contribution in [0.1, 0.15) is 23.7 Å². The lowest BCUT2D eigenvalue weighted by molar-refractivity contribution is -0.140. The Balaban J connectivity index is 2.70. The molecule has 0 bridgehead atoms. The van der Waals surface area contributed by atoms with Crippen LogP contribution in [0, 0.1) is 5.92 Å². The van der Waals surface area contributed by atoms with Gasteiger partial charge in [-0.2, -0.15) is 13.2 Å². The molecule has 0 N–H and O–H groups in total. The van der Waals surface area contributed by atoms with Crippen LogP contribution in [-0.4, -0.2) is 12.0 Å². The molecule has 0 aliphatic carbocycles. The highest BCUT2D eigenvalue weighted by molar-refractivity contribution is 5.97. The van der Waals surface area contributed by atoms with E-state index in [0.29, 0.717) is 5.56 Å². The van der Waals surface area contributed by atoms with Crippen LogP contribution in [0.3, 0.4) is 0 Å². The minimum Gasteiger partial charge on any atom is -0.294 e. The standard InChI is InChI=1S/C11H11F3O/c1-8(7-11(12,13)14)10(15)9-5-3-2-4-6-9/h2-6,8H,7H2,1H3. The van der Waals surface area contributed by atoms with Crippen LogP contribution in [0.25, 0.3) is 0 Å². The first kappa shape index (κ1) is 11.8. The van der Waals surface area contributed by atoms with Gasteiger partial charge in [0.25, 0.3) is 0 Å². The Kier molecular flexibility index (Phi) is 3.50. The molecule has 82 valence electrons. The fourth-order valence-corrected chi connectivity index (χ4v) is 1.33. The Morgan fingerprint density at radius 1 is 1.27 bits per heavy atom. The van der Waals surface area contributed by atoms with E-state index >= 15 is 0 Å². The first-order valence-corrected chi connectivity index (χ1v) is 4.56. The van der Waals surface area contributed by atoms with Crippen molar-refractivity contribution in [1.29, 1.82) is 0 Å². The summed E-state index contributed by atoms with van der Waals surface area (Å²) in [6, 6.07) is 8.02. The first-order chi connectivity index (χ1) is 6.90. The fourth-order valence-electron chi connectivity index (χ4n) is 1.33. The second-order valence-corrected chi connectivity index (χ2v) is 3.45. The van der Waals surface area contributed by atoms with E-state index in [4.69, 9.17) is 0 Å². The van der Waals surface area contributed by atoms with Crippen molar-refractivity contribution in [1.82, 2.24) is 0 Å². The molecule has 1 rings (SSSR count). The third kappa shape index (κ3) is 3.73. The lowest BCUT2D eigenvalue weighted by atomic mass is 9.96. The predicted octanol–water partition coefficient (Wildman–Crippen LogP) is 3.46.